The highest BCUT2D eigenvalue weighted by Gasteiger charge is 2.20. The summed E-state index contributed by atoms with van der Waals surface area (Å²) in [4.78, 5) is 0. The summed E-state index contributed by atoms with van der Waals surface area (Å²) in [5.74, 6) is 1.46. The van der Waals surface area contributed by atoms with Crippen molar-refractivity contribution in [2.75, 3.05) is 25.0 Å². The molecule has 1 unspecified atom stereocenters. The van der Waals surface area contributed by atoms with Gasteiger partial charge in [-0.05, 0) is 61.7 Å². The van der Waals surface area contributed by atoms with Gasteiger partial charge >= 0.3 is 0 Å². The first-order chi connectivity index (χ1) is 14.9. The van der Waals surface area contributed by atoms with Crippen molar-refractivity contribution in [2.24, 2.45) is 0 Å². The maximum atomic E-state index is 10.6. The van der Waals surface area contributed by atoms with Gasteiger partial charge in [0.05, 0.1) is 0 Å². The third-order valence-electron chi connectivity index (χ3n) is 5.01. The van der Waals surface area contributed by atoms with Crippen molar-refractivity contribution in [1.29, 1.82) is 0 Å². The molecule has 1 atom stereocenters. The lowest BCUT2D eigenvalue weighted by atomic mass is 10.1. The number of aryl methyl sites for hydroxylation is 2. The number of rotatable bonds is 11. The van der Waals surface area contributed by atoms with Gasteiger partial charge < -0.3 is 19.9 Å². The Morgan fingerprint density at radius 2 is 1.39 bits per heavy atom. The summed E-state index contributed by atoms with van der Waals surface area (Å²) in [5, 5.41) is 17.1. The van der Waals surface area contributed by atoms with E-state index in [1.807, 2.05) is 54.6 Å². The number of nitrogens with one attached hydrogen (secondary N) is 2. The van der Waals surface area contributed by atoms with Crippen molar-refractivity contribution >= 4 is 5.69 Å². The fourth-order valence-corrected chi connectivity index (χ4v) is 3.26. The Kier molecular flexibility index (Phi) is 7.93. The Morgan fingerprint density at radius 1 is 0.774 bits per heavy atom. The molecule has 0 spiro atoms. The average molecular weight is 421 g/mol. The van der Waals surface area contributed by atoms with Crippen LogP contribution < -0.4 is 20.1 Å². The largest absolute Gasteiger partial charge is 0.489 e. The third-order valence-corrected chi connectivity index (χ3v) is 5.01. The molecule has 0 aliphatic carbocycles. The van der Waals surface area contributed by atoms with Gasteiger partial charge in [0.15, 0.2) is 0 Å². The molecule has 5 nitrogen and oxygen atoms in total. The number of anilines is 1. The molecule has 3 aromatic carbocycles. The molecule has 0 aliphatic rings. The van der Waals surface area contributed by atoms with Gasteiger partial charge in [-0.3, -0.25) is 5.32 Å². The Bertz CT molecular complexity index is 920. The number of hydrogen-bond acceptors (Lipinski definition) is 5. The Morgan fingerprint density at radius 3 is 2.03 bits per heavy atom. The topological polar surface area (TPSA) is 62.8 Å². The van der Waals surface area contributed by atoms with Crippen molar-refractivity contribution in [1.82, 2.24) is 5.32 Å². The summed E-state index contributed by atoms with van der Waals surface area (Å²) >= 11 is 0. The lowest BCUT2D eigenvalue weighted by molar-refractivity contribution is -0.0169. The summed E-state index contributed by atoms with van der Waals surface area (Å²) in [7, 11) is 0. The molecule has 3 aromatic rings. The van der Waals surface area contributed by atoms with E-state index in [-0.39, 0.29) is 6.61 Å². The number of benzene rings is 3. The Labute approximate surface area is 185 Å². The lowest BCUT2D eigenvalue weighted by Crippen LogP contribution is -2.48. The SMILES string of the molecule is Cc1cccc(C)c1NCCNC(C)(O)COc1ccc(OCc2ccccc2)cc1. The molecule has 164 valence electrons. The monoisotopic (exact) mass is 420 g/mol. The fraction of sp³-hybridized carbons (Fsp3) is 0.308. The molecule has 5 heteroatoms. The molecule has 0 bridgehead atoms. The zero-order chi connectivity index (χ0) is 22.1. The highest BCUT2D eigenvalue weighted by molar-refractivity contribution is 5.56. The zero-order valence-electron chi connectivity index (χ0n) is 18.5. The number of hydrogen-bond donors (Lipinski definition) is 3. The molecule has 0 heterocycles. The Hall–Kier alpha value is -3.02. The van der Waals surface area contributed by atoms with Crippen LogP contribution in [-0.2, 0) is 6.61 Å². The van der Waals surface area contributed by atoms with E-state index in [1.54, 1.807) is 6.92 Å². The summed E-state index contributed by atoms with van der Waals surface area (Å²) in [6.07, 6.45) is 0. The third kappa shape index (κ3) is 7.31. The highest BCUT2D eigenvalue weighted by Crippen LogP contribution is 2.20. The summed E-state index contributed by atoms with van der Waals surface area (Å²) in [6, 6.07) is 23.7. The fourth-order valence-electron chi connectivity index (χ4n) is 3.26. The predicted octanol–water partition coefficient (Wildman–Crippen LogP) is 4.67. The van der Waals surface area contributed by atoms with Crippen molar-refractivity contribution in [2.45, 2.75) is 33.1 Å². The number of ether oxygens (including phenoxy) is 2. The minimum Gasteiger partial charge on any atom is -0.489 e. The van der Waals surface area contributed by atoms with E-state index in [0.29, 0.717) is 25.4 Å². The van der Waals surface area contributed by atoms with Crippen LogP contribution in [0.4, 0.5) is 5.69 Å². The second kappa shape index (κ2) is 10.8. The molecule has 3 rings (SSSR count). The van der Waals surface area contributed by atoms with Gasteiger partial charge in [-0.1, -0.05) is 48.5 Å². The van der Waals surface area contributed by atoms with Crippen LogP contribution in [0.2, 0.25) is 0 Å². The summed E-state index contributed by atoms with van der Waals surface area (Å²) in [5.41, 5.74) is 3.56. The first-order valence-corrected chi connectivity index (χ1v) is 10.6. The van der Waals surface area contributed by atoms with Gasteiger partial charge in [0.2, 0.25) is 0 Å². The van der Waals surface area contributed by atoms with E-state index in [1.165, 1.54) is 11.1 Å². The molecule has 0 radical (unpaired) electrons. The average Bonchev–Trinajstić information content (AvgIpc) is 2.77. The van der Waals surface area contributed by atoms with Gasteiger partial charge in [0.25, 0.3) is 0 Å². The van der Waals surface area contributed by atoms with Crippen LogP contribution in [0.1, 0.15) is 23.6 Å². The summed E-state index contributed by atoms with van der Waals surface area (Å²) < 4.78 is 11.5. The predicted molar refractivity (Wildman–Crippen MR) is 126 cm³/mol. The molecule has 0 saturated carbocycles. The maximum absolute atomic E-state index is 10.6. The van der Waals surface area contributed by atoms with Crippen molar-refractivity contribution in [3.8, 4) is 11.5 Å². The van der Waals surface area contributed by atoms with E-state index in [4.69, 9.17) is 9.47 Å². The van der Waals surface area contributed by atoms with Crippen molar-refractivity contribution in [3.63, 3.8) is 0 Å². The van der Waals surface area contributed by atoms with Crippen LogP contribution in [0.3, 0.4) is 0 Å². The molecule has 0 saturated heterocycles. The molecule has 0 aromatic heterocycles. The summed E-state index contributed by atoms with van der Waals surface area (Å²) in [6.45, 7) is 7.86. The van der Waals surface area contributed by atoms with Crippen LogP contribution >= 0.6 is 0 Å². The van der Waals surface area contributed by atoms with E-state index in [0.717, 1.165) is 17.0 Å². The van der Waals surface area contributed by atoms with Gasteiger partial charge in [0, 0.05) is 18.8 Å². The number of aliphatic hydroxyl groups is 1. The highest BCUT2D eigenvalue weighted by atomic mass is 16.5. The zero-order valence-corrected chi connectivity index (χ0v) is 18.5. The molecule has 0 amide bonds. The molecular weight excluding hydrogens is 388 g/mol. The van der Waals surface area contributed by atoms with Gasteiger partial charge in [-0.25, -0.2) is 0 Å². The van der Waals surface area contributed by atoms with Crippen LogP contribution in [0.15, 0.2) is 72.8 Å². The maximum Gasteiger partial charge on any atom is 0.147 e. The quantitative estimate of drug-likeness (QED) is 0.311. The van der Waals surface area contributed by atoms with Crippen LogP contribution in [0.5, 0.6) is 11.5 Å². The molecule has 31 heavy (non-hydrogen) atoms. The van der Waals surface area contributed by atoms with E-state index in [2.05, 4.69) is 42.7 Å². The van der Waals surface area contributed by atoms with E-state index in [9.17, 15) is 5.11 Å². The van der Waals surface area contributed by atoms with Gasteiger partial charge in [-0.15, -0.1) is 0 Å². The molecular formula is C26H32N2O3. The minimum absolute atomic E-state index is 0.139. The molecule has 3 N–H and O–H groups in total. The van der Waals surface area contributed by atoms with E-state index >= 15 is 0 Å². The van der Waals surface area contributed by atoms with Crippen molar-refractivity contribution in [3.05, 3.63) is 89.5 Å². The van der Waals surface area contributed by atoms with Gasteiger partial charge in [0.1, 0.15) is 30.4 Å². The van der Waals surface area contributed by atoms with Crippen molar-refractivity contribution < 1.29 is 14.6 Å². The smallest absolute Gasteiger partial charge is 0.147 e. The second-order valence-electron chi connectivity index (χ2n) is 7.93. The van der Waals surface area contributed by atoms with E-state index < -0.39 is 5.72 Å². The standard InChI is InChI=1S/C26H32N2O3/c1-20-8-7-9-21(2)25(20)27-16-17-28-26(3,29)19-31-24-14-12-23(13-15-24)30-18-22-10-5-4-6-11-22/h4-15,27-29H,16-19H2,1-3H3. The Balaban J connectivity index is 1.39. The normalized spacial score (nSPS) is 12.8. The second-order valence-corrected chi connectivity index (χ2v) is 7.93. The first-order valence-electron chi connectivity index (χ1n) is 10.6. The molecule has 0 aliphatic heterocycles. The number of para-hydroxylation sites is 1. The lowest BCUT2D eigenvalue weighted by Gasteiger charge is -2.25. The first kappa shape index (κ1) is 22.7. The van der Waals surface area contributed by atoms with Gasteiger partial charge in [-0.2, -0.15) is 0 Å². The van der Waals surface area contributed by atoms with Crippen LogP contribution in [0.25, 0.3) is 0 Å². The van der Waals surface area contributed by atoms with Crippen LogP contribution in [-0.4, -0.2) is 30.5 Å². The van der Waals surface area contributed by atoms with Crippen LogP contribution in [0, 0.1) is 13.8 Å². The minimum atomic E-state index is -1.13. The molecule has 0 fully saturated rings.